The van der Waals surface area contributed by atoms with Gasteiger partial charge in [-0.05, 0) is 60.1 Å². The van der Waals surface area contributed by atoms with E-state index in [1.165, 1.54) is 0 Å². The van der Waals surface area contributed by atoms with Crippen molar-refractivity contribution in [2.45, 2.75) is 13.5 Å². The first-order valence-corrected chi connectivity index (χ1v) is 9.62. The topological polar surface area (TPSA) is 41.6 Å². The van der Waals surface area contributed by atoms with Gasteiger partial charge in [0.1, 0.15) is 5.75 Å². The van der Waals surface area contributed by atoms with Gasteiger partial charge in [0.2, 0.25) is 5.91 Å². The average molecular weight is 417 g/mol. The molecule has 0 saturated carbocycles. The molecule has 3 aromatic carbocycles. The molecule has 0 bridgehead atoms. The van der Waals surface area contributed by atoms with Gasteiger partial charge in [-0.3, -0.25) is 9.69 Å². The standard InChI is InChI=1S/C22H22Cl2N2O2/c1-14-4-9-19(23)22(21(14)24)25-20(27)13-26(2)12-15-5-6-17-11-18(28-3)8-7-16(17)10-15/h4-11H,12-13H2,1-3H3,(H,25,27). The van der Waals surface area contributed by atoms with Crippen LogP contribution in [-0.4, -0.2) is 31.5 Å². The molecule has 0 aromatic heterocycles. The molecule has 0 spiro atoms. The molecule has 0 fully saturated rings. The van der Waals surface area contributed by atoms with Crippen LogP contribution >= 0.6 is 23.2 Å². The van der Waals surface area contributed by atoms with Crippen molar-refractivity contribution >= 4 is 45.6 Å². The van der Waals surface area contributed by atoms with E-state index in [4.69, 9.17) is 27.9 Å². The van der Waals surface area contributed by atoms with Crippen molar-refractivity contribution in [1.29, 1.82) is 0 Å². The van der Waals surface area contributed by atoms with E-state index < -0.39 is 0 Å². The number of methoxy groups -OCH3 is 1. The summed E-state index contributed by atoms with van der Waals surface area (Å²) in [6, 6.07) is 15.8. The number of ether oxygens (including phenoxy) is 1. The van der Waals surface area contributed by atoms with Crippen molar-refractivity contribution < 1.29 is 9.53 Å². The number of halogens is 2. The van der Waals surface area contributed by atoms with Gasteiger partial charge in [-0.2, -0.15) is 0 Å². The van der Waals surface area contributed by atoms with E-state index in [0.717, 1.165) is 27.6 Å². The second-order valence-corrected chi connectivity index (χ2v) is 7.61. The number of hydrogen-bond acceptors (Lipinski definition) is 3. The van der Waals surface area contributed by atoms with E-state index in [-0.39, 0.29) is 12.5 Å². The molecule has 146 valence electrons. The molecular formula is C22H22Cl2N2O2. The largest absolute Gasteiger partial charge is 0.497 e. The third kappa shape index (κ3) is 4.76. The number of hydrogen-bond donors (Lipinski definition) is 1. The second-order valence-electron chi connectivity index (χ2n) is 6.82. The maximum absolute atomic E-state index is 12.4. The van der Waals surface area contributed by atoms with Crippen molar-refractivity contribution in [2.75, 3.05) is 26.0 Å². The Morgan fingerprint density at radius 3 is 2.54 bits per heavy atom. The Kier molecular flexibility index (Phi) is 6.45. The molecule has 1 amide bonds. The summed E-state index contributed by atoms with van der Waals surface area (Å²) in [6.07, 6.45) is 0. The Morgan fingerprint density at radius 2 is 1.79 bits per heavy atom. The first kappa shape index (κ1) is 20.5. The molecule has 0 aliphatic rings. The van der Waals surface area contributed by atoms with E-state index in [1.807, 2.05) is 43.1 Å². The molecule has 28 heavy (non-hydrogen) atoms. The number of benzene rings is 3. The number of amides is 1. The lowest BCUT2D eigenvalue weighted by Gasteiger charge is -2.18. The van der Waals surface area contributed by atoms with Crippen molar-refractivity contribution in [3.8, 4) is 5.75 Å². The number of likely N-dealkylation sites (N-methyl/N-ethyl adjacent to an activating group) is 1. The zero-order valence-corrected chi connectivity index (χ0v) is 17.6. The van der Waals surface area contributed by atoms with Crippen LogP contribution in [0.5, 0.6) is 5.75 Å². The normalized spacial score (nSPS) is 11.1. The number of anilines is 1. The first-order valence-electron chi connectivity index (χ1n) is 8.87. The quantitative estimate of drug-likeness (QED) is 0.573. The predicted molar refractivity (Wildman–Crippen MR) is 117 cm³/mol. The van der Waals surface area contributed by atoms with Crippen LogP contribution in [0.2, 0.25) is 10.0 Å². The molecular weight excluding hydrogens is 395 g/mol. The van der Waals surface area contributed by atoms with Crippen molar-refractivity contribution in [3.63, 3.8) is 0 Å². The van der Waals surface area contributed by atoms with E-state index in [1.54, 1.807) is 13.2 Å². The molecule has 0 aliphatic carbocycles. The molecule has 0 unspecified atom stereocenters. The third-order valence-corrected chi connectivity index (χ3v) is 5.33. The highest BCUT2D eigenvalue weighted by molar-refractivity contribution is 6.40. The van der Waals surface area contributed by atoms with E-state index in [2.05, 4.69) is 23.5 Å². The number of aryl methyl sites for hydroxylation is 1. The third-order valence-electron chi connectivity index (χ3n) is 4.53. The number of carbonyl (C=O) groups is 1. The number of rotatable bonds is 6. The lowest BCUT2D eigenvalue weighted by atomic mass is 10.1. The van der Waals surface area contributed by atoms with Crippen LogP contribution in [0.15, 0.2) is 48.5 Å². The maximum Gasteiger partial charge on any atom is 0.238 e. The Morgan fingerprint density at radius 1 is 1.07 bits per heavy atom. The smallest absolute Gasteiger partial charge is 0.238 e. The number of nitrogens with zero attached hydrogens (tertiary/aromatic N) is 1. The van der Waals surface area contributed by atoms with Gasteiger partial charge in [-0.15, -0.1) is 0 Å². The molecule has 0 atom stereocenters. The van der Waals surface area contributed by atoms with Gasteiger partial charge in [0.05, 0.1) is 29.4 Å². The zero-order chi connectivity index (χ0) is 20.3. The minimum atomic E-state index is -0.164. The van der Waals surface area contributed by atoms with Gasteiger partial charge in [-0.1, -0.05) is 47.5 Å². The fourth-order valence-corrected chi connectivity index (χ4v) is 3.53. The monoisotopic (exact) mass is 416 g/mol. The summed E-state index contributed by atoms with van der Waals surface area (Å²) in [5.41, 5.74) is 2.45. The van der Waals surface area contributed by atoms with Crippen LogP contribution in [0.1, 0.15) is 11.1 Å². The van der Waals surface area contributed by atoms with Crippen molar-refractivity contribution in [3.05, 3.63) is 69.7 Å². The van der Waals surface area contributed by atoms with Crippen LogP contribution in [0.3, 0.4) is 0 Å². The molecule has 3 aromatic rings. The summed E-state index contributed by atoms with van der Waals surface area (Å²) < 4.78 is 5.26. The summed E-state index contributed by atoms with van der Waals surface area (Å²) in [7, 11) is 3.56. The number of nitrogens with one attached hydrogen (secondary N) is 1. The predicted octanol–water partition coefficient (Wildman–Crippen LogP) is 5.53. The lowest BCUT2D eigenvalue weighted by Crippen LogP contribution is -2.30. The second kappa shape index (κ2) is 8.82. The highest BCUT2D eigenvalue weighted by Gasteiger charge is 2.13. The fraction of sp³-hybridized carbons (Fsp3) is 0.227. The summed E-state index contributed by atoms with van der Waals surface area (Å²) in [5, 5.41) is 5.97. The van der Waals surface area contributed by atoms with Gasteiger partial charge in [0, 0.05) is 6.54 Å². The number of carbonyl (C=O) groups excluding carboxylic acids is 1. The average Bonchev–Trinajstić information content (AvgIpc) is 2.67. The van der Waals surface area contributed by atoms with Crippen LogP contribution in [0, 0.1) is 6.92 Å². The van der Waals surface area contributed by atoms with Crippen molar-refractivity contribution in [2.24, 2.45) is 0 Å². The van der Waals surface area contributed by atoms with Crippen LogP contribution < -0.4 is 10.1 Å². The molecule has 0 heterocycles. The van der Waals surface area contributed by atoms with Gasteiger partial charge >= 0.3 is 0 Å². The highest BCUT2D eigenvalue weighted by Crippen LogP contribution is 2.32. The Bertz CT molecular complexity index is 1020. The minimum absolute atomic E-state index is 0.164. The first-order chi connectivity index (χ1) is 13.4. The van der Waals surface area contributed by atoms with Gasteiger partial charge in [0.25, 0.3) is 0 Å². The minimum Gasteiger partial charge on any atom is -0.497 e. The van der Waals surface area contributed by atoms with Crippen LogP contribution in [-0.2, 0) is 11.3 Å². The van der Waals surface area contributed by atoms with E-state index in [0.29, 0.717) is 22.3 Å². The molecule has 6 heteroatoms. The molecule has 0 aliphatic heterocycles. The summed E-state index contributed by atoms with van der Waals surface area (Å²) in [6.45, 7) is 2.74. The molecule has 3 rings (SSSR count). The zero-order valence-electron chi connectivity index (χ0n) is 16.1. The summed E-state index contributed by atoms with van der Waals surface area (Å²) >= 11 is 12.4. The van der Waals surface area contributed by atoms with Gasteiger partial charge in [-0.25, -0.2) is 0 Å². The summed E-state index contributed by atoms with van der Waals surface area (Å²) in [4.78, 5) is 14.4. The molecule has 0 saturated heterocycles. The van der Waals surface area contributed by atoms with Crippen LogP contribution in [0.4, 0.5) is 5.69 Å². The molecule has 0 radical (unpaired) electrons. The Balaban J connectivity index is 1.65. The molecule has 4 nitrogen and oxygen atoms in total. The number of fused-ring (bicyclic) bond motifs is 1. The Labute approximate surface area is 175 Å². The van der Waals surface area contributed by atoms with E-state index in [9.17, 15) is 4.79 Å². The highest BCUT2D eigenvalue weighted by atomic mass is 35.5. The van der Waals surface area contributed by atoms with Crippen LogP contribution in [0.25, 0.3) is 10.8 Å². The van der Waals surface area contributed by atoms with Gasteiger partial charge in [0.15, 0.2) is 0 Å². The van der Waals surface area contributed by atoms with Gasteiger partial charge < -0.3 is 10.1 Å². The maximum atomic E-state index is 12.4. The summed E-state index contributed by atoms with van der Waals surface area (Å²) in [5.74, 6) is 0.671. The van der Waals surface area contributed by atoms with E-state index >= 15 is 0 Å². The Hall–Kier alpha value is -2.27. The van der Waals surface area contributed by atoms with Crippen molar-refractivity contribution in [1.82, 2.24) is 4.90 Å². The lowest BCUT2D eigenvalue weighted by molar-refractivity contribution is -0.117. The SMILES string of the molecule is COc1ccc2cc(CN(C)CC(=O)Nc3c(Cl)ccc(C)c3Cl)ccc2c1. The molecule has 1 N–H and O–H groups in total. The fourth-order valence-electron chi connectivity index (χ4n) is 3.06.